The molecule has 0 atom stereocenters. The molecule has 0 spiro atoms. The summed E-state index contributed by atoms with van der Waals surface area (Å²) in [4.78, 5) is 0. The largest absolute Gasteiger partial charge is 0.350 e. The molecular weight excluding hydrogens is 102 g/mol. The summed E-state index contributed by atoms with van der Waals surface area (Å²) in [5.41, 5.74) is 10.3. The maximum Gasteiger partial charge on any atom is 0.350 e. The lowest BCUT2D eigenvalue weighted by Gasteiger charge is -1.90. The molecule has 0 saturated heterocycles. The van der Waals surface area contributed by atoms with Gasteiger partial charge < -0.3 is 0 Å². The van der Waals surface area contributed by atoms with Crippen molar-refractivity contribution in [1.29, 1.82) is 0 Å². The molecule has 0 aromatic rings. The first-order valence-electron chi connectivity index (χ1n) is 2.13. The highest BCUT2D eigenvalue weighted by atomic mass is 15.1. The van der Waals surface area contributed by atoms with Gasteiger partial charge in [0.2, 0.25) is 0 Å². The minimum absolute atomic E-state index is 0.176. The van der Waals surface area contributed by atoms with Crippen molar-refractivity contribution in [1.82, 2.24) is 0 Å². The molecule has 8 heavy (non-hydrogen) atoms. The summed E-state index contributed by atoms with van der Waals surface area (Å²) >= 11 is 0. The molecule has 3 heteroatoms. The molecule has 0 amide bonds. The minimum atomic E-state index is 0.176. The van der Waals surface area contributed by atoms with Crippen LogP contribution in [-0.2, 0) is 0 Å². The van der Waals surface area contributed by atoms with Crippen molar-refractivity contribution in [2.75, 3.05) is 0 Å². The monoisotopic (exact) mass is 112 g/mol. The molecule has 0 aliphatic rings. The van der Waals surface area contributed by atoms with Gasteiger partial charge in [-0.2, -0.15) is 0 Å². The molecule has 0 saturated carbocycles. The van der Waals surface area contributed by atoms with Gasteiger partial charge >= 0.3 is 5.96 Å². The van der Waals surface area contributed by atoms with Crippen LogP contribution in [0.4, 0.5) is 0 Å². The Hall–Kier alpha value is -1.25. The third-order valence-electron chi connectivity index (χ3n) is 0.692. The Morgan fingerprint density at radius 3 is 1.62 bits per heavy atom. The summed E-state index contributed by atoms with van der Waals surface area (Å²) in [5.74, 6) is 0.176. The quantitative estimate of drug-likeness (QED) is 0.289. The van der Waals surface area contributed by atoms with E-state index in [9.17, 15) is 0 Å². The average Bonchev–Trinajstić information content (AvgIpc) is 1.69. The predicted molar refractivity (Wildman–Crippen MR) is 34.0 cm³/mol. The highest BCUT2D eigenvalue weighted by molar-refractivity contribution is 5.70. The fourth-order valence-corrected chi connectivity index (χ4v) is 0.285. The molecule has 0 fully saturated rings. The van der Waals surface area contributed by atoms with E-state index in [0.29, 0.717) is 0 Å². The molecule has 0 unspecified atom stereocenters. The second-order valence-corrected chi connectivity index (χ2v) is 1.20. The van der Waals surface area contributed by atoms with Crippen LogP contribution < -0.4 is 11.5 Å². The van der Waals surface area contributed by atoms with E-state index in [1.807, 2.05) is 0 Å². The van der Waals surface area contributed by atoms with Gasteiger partial charge in [0, 0.05) is 0 Å². The maximum absolute atomic E-state index is 5.14. The van der Waals surface area contributed by atoms with Gasteiger partial charge in [0.05, 0.1) is 12.4 Å². The molecule has 0 aliphatic carbocycles. The lowest BCUT2D eigenvalue weighted by atomic mass is 10.8. The Kier molecular flexibility index (Phi) is 2.40. The molecule has 0 rings (SSSR count). The normalized spacial score (nSPS) is 7.50. The van der Waals surface area contributed by atoms with E-state index >= 15 is 0 Å². The second kappa shape index (κ2) is 2.85. The topological polar surface area (TPSA) is 55.0 Å². The fourth-order valence-electron chi connectivity index (χ4n) is 0.285. The van der Waals surface area contributed by atoms with Crippen LogP contribution in [0.1, 0.15) is 0 Å². The zero-order valence-electron chi connectivity index (χ0n) is 4.67. The lowest BCUT2D eigenvalue weighted by Crippen LogP contribution is -2.30. The van der Waals surface area contributed by atoms with Crippen LogP contribution in [0.25, 0.3) is 0 Å². The summed E-state index contributed by atoms with van der Waals surface area (Å²) in [5, 5.41) is 0. The standard InChI is InChI=1S/C5H9N3/c1-3-8(4-2)5(6)7/h3-4H,1-2H2,(H3,6,7)/p+1. The molecule has 0 aliphatic heterocycles. The van der Waals surface area contributed by atoms with Gasteiger partial charge in [-0.05, 0) is 0 Å². The Bertz CT molecular complexity index is 121. The van der Waals surface area contributed by atoms with Crippen LogP contribution in [0.5, 0.6) is 0 Å². The van der Waals surface area contributed by atoms with E-state index in [-0.39, 0.29) is 5.96 Å². The van der Waals surface area contributed by atoms with Gasteiger partial charge in [-0.1, -0.05) is 13.2 Å². The highest BCUT2D eigenvalue weighted by Gasteiger charge is 1.89. The number of guanidine groups is 1. The molecule has 4 N–H and O–H groups in total. The van der Waals surface area contributed by atoms with Gasteiger partial charge in [-0.3, -0.25) is 11.5 Å². The van der Waals surface area contributed by atoms with Gasteiger partial charge in [-0.15, -0.1) is 0 Å². The van der Waals surface area contributed by atoms with E-state index in [1.165, 1.54) is 17.0 Å². The van der Waals surface area contributed by atoms with Crippen molar-refractivity contribution in [3.05, 3.63) is 25.6 Å². The molecular formula is C5H10N3+. The van der Waals surface area contributed by atoms with Gasteiger partial charge in [0.25, 0.3) is 0 Å². The molecule has 0 heterocycles. The van der Waals surface area contributed by atoms with Crippen LogP contribution in [0.3, 0.4) is 0 Å². The SMILES string of the molecule is C=C[N+](C=C)=C(N)N. The first-order valence-corrected chi connectivity index (χ1v) is 2.13. The van der Waals surface area contributed by atoms with E-state index in [4.69, 9.17) is 11.5 Å². The maximum atomic E-state index is 5.14. The number of rotatable bonds is 2. The second-order valence-electron chi connectivity index (χ2n) is 1.20. The highest BCUT2D eigenvalue weighted by Crippen LogP contribution is 1.70. The van der Waals surface area contributed by atoms with Crippen LogP contribution >= 0.6 is 0 Å². The number of hydrogen-bond acceptors (Lipinski definition) is 0. The van der Waals surface area contributed by atoms with Crippen molar-refractivity contribution < 1.29 is 4.58 Å². The van der Waals surface area contributed by atoms with Crippen molar-refractivity contribution >= 4 is 5.96 Å². The van der Waals surface area contributed by atoms with Crippen LogP contribution in [0.2, 0.25) is 0 Å². The van der Waals surface area contributed by atoms with E-state index in [1.54, 1.807) is 0 Å². The predicted octanol–water partition coefficient (Wildman–Crippen LogP) is -0.441. The summed E-state index contributed by atoms with van der Waals surface area (Å²) in [6.07, 6.45) is 2.95. The van der Waals surface area contributed by atoms with Crippen LogP contribution in [0, 0.1) is 0 Å². The molecule has 0 radical (unpaired) electrons. The lowest BCUT2D eigenvalue weighted by molar-refractivity contribution is -0.379. The van der Waals surface area contributed by atoms with E-state index in [2.05, 4.69) is 13.2 Å². The van der Waals surface area contributed by atoms with Gasteiger partial charge in [-0.25, -0.2) is 4.58 Å². The Morgan fingerprint density at radius 1 is 1.25 bits per heavy atom. The third-order valence-corrected chi connectivity index (χ3v) is 0.692. The number of hydrogen-bond donors (Lipinski definition) is 2. The smallest absolute Gasteiger partial charge is 0.290 e. The summed E-state index contributed by atoms with van der Waals surface area (Å²) in [7, 11) is 0. The van der Waals surface area contributed by atoms with E-state index < -0.39 is 0 Å². The zero-order valence-corrected chi connectivity index (χ0v) is 4.67. The minimum Gasteiger partial charge on any atom is -0.290 e. The van der Waals surface area contributed by atoms with Crippen molar-refractivity contribution in [2.45, 2.75) is 0 Å². The molecule has 0 aromatic heterocycles. The summed E-state index contributed by atoms with van der Waals surface area (Å²) < 4.78 is 1.42. The zero-order chi connectivity index (χ0) is 6.57. The molecule has 0 aromatic carbocycles. The Balaban J connectivity index is 4.30. The van der Waals surface area contributed by atoms with Crippen LogP contribution in [0.15, 0.2) is 25.6 Å². The summed E-state index contributed by atoms with van der Waals surface area (Å²) in [6.45, 7) is 6.85. The Labute approximate surface area is 48.6 Å². The fraction of sp³-hybridized carbons (Fsp3) is 0. The van der Waals surface area contributed by atoms with Crippen molar-refractivity contribution in [3.8, 4) is 0 Å². The molecule has 3 nitrogen and oxygen atoms in total. The summed E-state index contributed by atoms with van der Waals surface area (Å²) in [6, 6.07) is 0. The van der Waals surface area contributed by atoms with Gasteiger partial charge in [0.15, 0.2) is 0 Å². The first kappa shape index (κ1) is 6.75. The van der Waals surface area contributed by atoms with Crippen LogP contribution in [-0.4, -0.2) is 10.5 Å². The van der Waals surface area contributed by atoms with E-state index in [0.717, 1.165) is 0 Å². The van der Waals surface area contributed by atoms with Gasteiger partial charge in [0.1, 0.15) is 0 Å². The number of nitrogens with zero attached hydrogens (tertiary/aromatic N) is 1. The van der Waals surface area contributed by atoms with Crippen molar-refractivity contribution in [3.63, 3.8) is 0 Å². The third kappa shape index (κ3) is 1.47. The molecule has 44 valence electrons. The molecule has 0 bridgehead atoms. The average molecular weight is 112 g/mol. The first-order chi connectivity index (χ1) is 3.72. The number of nitrogens with two attached hydrogens (primary N) is 2. The Morgan fingerprint density at radius 2 is 1.62 bits per heavy atom. The van der Waals surface area contributed by atoms with Crippen molar-refractivity contribution in [2.24, 2.45) is 11.5 Å².